The van der Waals surface area contributed by atoms with Crippen molar-refractivity contribution in [2.24, 2.45) is 0 Å². The normalized spacial score (nSPS) is 12.7. The lowest BCUT2D eigenvalue weighted by Crippen LogP contribution is -2.21. The number of rotatable bonds is 12. The number of aromatic nitrogens is 6. The number of hydrogen-bond acceptors (Lipinski definition) is 11. The Hall–Kier alpha value is -3.74. The molecule has 2 atom stereocenters. The molecule has 4 aromatic rings. The van der Waals surface area contributed by atoms with Crippen LogP contribution in [0, 0.1) is 13.8 Å². The summed E-state index contributed by atoms with van der Waals surface area (Å²) >= 11 is 1.38. The van der Waals surface area contributed by atoms with Crippen LogP contribution in [0.5, 0.6) is 11.5 Å². The Balaban J connectivity index is 1.72. The predicted octanol–water partition coefficient (Wildman–Crippen LogP) is 3.95. The average molecular weight is 538 g/mol. The number of nitrogens with one attached hydrogen (secondary N) is 1. The van der Waals surface area contributed by atoms with Crippen molar-refractivity contribution >= 4 is 17.9 Å². The highest BCUT2D eigenvalue weighted by Crippen LogP contribution is 2.38. The molecule has 0 radical (unpaired) electrons. The van der Waals surface area contributed by atoms with E-state index in [9.17, 15) is 5.11 Å². The van der Waals surface area contributed by atoms with Crippen molar-refractivity contribution in [3.63, 3.8) is 0 Å². The van der Waals surface area contributed by atoms with Gasteiger partial charge in [0.2, 0.25) is 5.95 Å². The van der Waals surface area contributed by atoms with Crippen LogP contribution in [0.2, 0.25) is 0 Å². The van der Waals surface area contributed by atoms with Crippen molar-refractivity contribution in [3.8, 4) is 28.6 Å². The highest BCUT2D eigenvalue weighted by Gasteiger charge is 2.27. The summed E-state index contributed by atoms with van der Waals surface area (Å²) in [6, 6.07) is 7.54. The first-order chi connectivity index (χ1) is 18.5. The smallest absolute Gasteiger partial charge is 0.239 e. The van der Waals surface area contributed by atoms with E-state index in [1.54, 1.807) is 39.0 Å². The molecule has 0 bridgehead atoms. The van der Waals surface area contributed by atoms with E-state index in [0.717, 1.165) is 16.7 Å². The highest BCUT2D eigenvalue weighted by molar-refractivity contribution is 8.01. The first kappa shape index (κ1) is 27.3. The van der Waals surface area contributed by atoms with Gasteiger partial charge in [0.15, 0.2) is 11.6 Å². The number of anilines is 1. The summed E-state index contributed by atoms with van der Waals surface area (Å²) in [5.41, 5.74) is 3.37. The van der Waals surface area contributed by atoms with Crippen molar-refractivity contribution < 1.29 is 19.3 Å². The maximum atomic E-state index is 9.35. The summed E-state index contributed by atoms with van der Waals surface area (Å²) < 4.78 is 22.5. The summed E-state index contributed by atoms with van der Waals surface area (Å²) in [5.74, 6) is 2.72. The molecule has 4 rings (SSSR count). The van der Waals surface area contributed by atoms with Crippen LogP contribution in [0.1, 0.15) is 30.0 Å². The number of pyridine rings is 1. The molecule has 0 unspecified atom stereocenters. The Morgan fingerprint density at radius 1 is 1.00 bits per heavy atom. The minimum absolute atomic E-state index is 0.108. The zero-order chi connectivity index (χ0) is 27.1. The zero-order valence-corrected chi connectivity index (χ0v) is 22.8. The van der Waals surface area contributed by atoms with Crippen LogP contribution in [-0.2, 0) is 4.74 Å². The molecule has 0 aliphatic rings. The Bertz CT molecular complexity index is 1330. The third kappa shape index (κ3) is 6.04. The van der Waals surface area contributed by atoms with Crippen molar-refractivity contribution in [3.05, 3.63) is 66.0 Å². The fourth-order valence-corrected chi connectivity index (χ4v) is 4.58. The van der Waals surface area contributed by atoms with E-state index in [2.05, 4.69) is 29.9 Å². The van der Waals surface area contributed by atoms with Crippen LogP contribution < -0.4 is 14.2 Å². The molecule has 12 heteroatoms. The summed E-state index contributed by atoms with van der Waals surface area (Å²) in [6.45, 7) is 5.93. The van der Waals surface area contributed by atoms with Gasteiger partial charge in [-0.15, -0.1) is 10.2 Å². The second-order valence-corrected chi connectivity index (χ2v) is 9.69. The Kier molecular flexibility index (Phi) is 9.10. The molecule has 0 fully saturated rings. The second-order valence-electron chi connectivity index (χ2n) is 8.50. The number of nitrogens with zero attached hydrogens (tertiary/aromatic N) is 6. The molecule has 2 N–H and O–H groups in total. The minimum Gasteiger partial charge on any atom is -0.494 e. The standard InChI is InChI=1S/C26H31N7O4S/c1-16-11-19(15-27-12-16)25-30-31-26(33(25)22-20(35-4)7-6-8-21(22)36-5)32-38-18(3)23(37-10-9-34)24-28-13-17(2)14-29-24/h6-8,11-15,18,23,34H,9-10H2,1-5H3,(H,31,32)/t18-,23-/m1/s1. The second kappa shape index (κ2) is 12.7. The van der Waals surface area contributed by atoms with Gasteiger partial charge in [0.25, 0.3) is 0 Å². The number of aryl methyl sites for hydroxylation is 2. The third-order valence-corrected chi connectivity index (χ3v) is 6.55. The topological polar surface area (TPSA) is 129 Å². The summed E-state index contributed by atoms with van der Waals surface area (Å²) in [6.07, 6.45) is 6.54. The lowest BCUT2D eigenvalue weighted by molar-refractivity contribution is 0.0241. The van der Waals surface area contributed by atoms with Gasteiger partial charge in [-0.25, -0.2) is 9.97 Å². The molecule has 200 valence electrons. The number of methoxy groups -OCH3 is 2. The quantitative estimate of drug-likeness (QED) is 0.255. The third-order valence-electron chi connectivity index (χ3n) is 5.63. The average Bonchev–Trinajstić information content (AvgIpc) is 3.36. The first-order valence-corrected chi connectivity index (χ1v) is 12.9. The molecular formula is C26H31N7O4S. The fourth-order valence-electron chi connectivity index (χ4n) is 3.84. The van der Waals surface area contributed by atoms with E-state index in [1.807, 2.05) is 49.6 Å². The molecule has 0 amide bonds. The SMILES string of the molecule is COc1cccc(OC)c1-n1c(NS[C@H](C)[C@@H](OCCO)c2ncc(C)cn2)nnc1-c1cncc(C)c1. The van der Waals surface area contributed by atoms with Crippen LogP contribution >= 0.6 is 11.9 Å². The molecule has 0 aliphatic heterocycles. The van der Waals surface area contributed by atoms with Gasteiger partial charge in [-0.3, -0.25) is 14.3 Å². The van der Waals surface area contributed by atoms with Crippen molar-refractivity contribution in [2.45, 2.75) is 32.1 Å². The van der Waals surface area contributed by atoms with E-state index in [4.69, 9.17) is 14.2 Å². The molecule has 11 nitrogen and oxygen atoms in total. The number of ether oxygens (including phenoxy) is 3. The van der Waals surface area contributed by atoms with Gasteiger partial charge < -0.3 is 19.3 Å². The molecule has 0 saturated carbocycles. The van der Waals surface area contributed by atoms with Crippen LogP contribution in [0.4, 0.5) is 5.95 Å². The van der Waals surface area contributed by atoms with E-state index < -0.39 is 6.10 Å². The molecule has 1 aromatic carbocycles. The molecule has 3 heterocycles. The molecule has 38 heavy (non-hydrogen) atoms. The Morgan fingerprint density at radius 2 is 1.71 bits per heavy atom. The monoisotopic (exact) mass is 537 g/mol. The Labute approximate surface area is 225 Å². The van der Waals surface area contributed by atoms with Gasteiger partial charge in [-0.2, -0.15) is 0 Å². The zero-order valence-electron chi connectivity index (χ0n) is 22.0. The largest absolute Gasteiger partial charge is 0.494 e. The lowest BCUT2D eigenvalue weighted by Gasteiger charge is -2.23. The molecule has 3 aromatic heterocycles. The molecule has 0 saturated heterocycles. The summed E-state index contributed by atoms with van der Waals surface area (Å²) in [5, 5.41) is 18.1. The van der Waals surface area contributed by atoms with Gasteiger partial charge in [0.05, 0.1) is 32.7 Å². The van der Waals surface area contributed by atoms with E-state index in [0.29, 0.717) is 34.8 Å². The maximum absolute atomic E-state index is 9.35. The summed E-state index contributed by atoms with van der Waals surface area (Å²) in [7, 11) is 3.20. The highest BCUT2D eigenvalue weighted by atomic mass is 32.2. The Morgan fingerprint density at radius 3 is 2.34 bits per heavy atom. The van der Waals surface area contributed by atoms with Crippen molar-refractivity contribution in [2.75, 3.05) is 32.2 Å². The number of aliphatic hydroxyl groups is 1. The number of hydrogen-bond donors (Lipinski definition) is 2. The minimum atomic E-state index is -0.474. The van der Waals surface area contributed by atoms with Crippen LogP contribution in [-0.4, -0.2) is 67.5 Å². The molecular weight excluding hydrogens is 506 g/mol. The van der Waals surface area contributed by atoms with Gasteiger partial charge in [-0.05, 0) is 62.0 Å². The fraction of sp³-hybridized carbons (Fsp3) is 0.346. The lowest BCUT2D eigenvalue weighted by atomic mass is 10.2. The van der Waals surface area contributed by atoms with E-state index in [1.165, 1.54) is 11.9 Å². The van der Waals surface area contributed by atoms with Gasteiger partial charge in [-0.1, -0.05) is 6.07 Å². The number of para-hydroxylation sites is 1. The van der Waals surface area contributed by atoms with Crippen LogP contribution in [0.15, 0.2) is 49.1 Å². The van der Waals surface area contributed by atoms with Crippen molar-refractivity contribution in [1.82, 2.24) is 29.7 Å². The summed E-state index contributed by atoms with van der Waals surface area (Å²) in [4.78, 5) is 13.2. The maximum Gasteiger partial charge on any atom is 0.239 e. The van der Waals surface area contributed by atoms with E-state index >= 15 is 0 Å². The number of aliphatic hydroxyl groups excluding tert-OH is 1. The van der Waals surface area contributed by atoms with Gasteiger partial charge in [0.1, 0.15) is 23.3 Å². The predicted molar refractivity (Wildman–Crippen MR) is 146 cm³/mol. The van der Waals surface area contributed by atoms with Crippen LogP contribution in [0.3, 0.4) is 0 Å². The van der Waals surface area contributed by atoms with Gasteiger partial charge in [0, 0.05) is 30.4 Å². The van der Waals surface area contributed by atoms with E-state index in [-0.39, 0.29) is 18.5 Å². The molecule has 0 spiro atoms. The number of benzene rings is 1. The molecule has 0 aliphatic carbocycles. The first-order valence-electron chi connectivity index (χ1n) is 12.0. The van der Waals surface area contributed by atoms with Crippen molar-refractivity contribution in [1.29, 1.82) is 0 Å². The van der Waals surface area contributed by atoms with Gasteiger partial charge >= 0.3 is 0 Å². The van der Waals surface area contributed by atoms with Crippen LogP contribution in [0.25, 0.3) is 17.1 Å².